The van der Waals surface area contributed by atoms with Crippen molar-refractivity contribution >= 4 is 41.2 Å². The molecule has 0 aliphatic carbocycles. The zero-order valence-corrected chi connectivity index (χ0v) is 18.9. The predicted molar refractivity (Wildman–Crippen MR) is 124 cm³/mol. The van der Waals surface area contributed by atoms with Gasteiger partial charge in [0.2, 0.25) is 0 Å². The molecule has 1 fully saturated rings. The smallest absolute Gasteiger partial charge is 0.335 e. The SMILES string of the molecule is COc1cc(/C=C2\C(=O)NC(=O)N(c3ccc(F)cc3)C2=O)cc(Cl)c1OCc1ccc(F)cc1. The normalized spacial score (nSPS) is 14.8. The Balaban J connectivity index is 1.63. The molecule has 1 heterocycles. The molecule has 7 nitrogen and oxygen atoms in total. The molecule has 178 valence electrons. The van der Waals surface area contributed by atoms with Crippen LogP contribution < -0.4 is 19.7 Å². The van der Waals surface area contributed by atoms with Crippen LogP contribution in [-0.2, 0) is 16.2 Å². The molecule has 0 spiro atoms. The van der Waals surface area contributed by atoms with Crippen LogP contribution in [0.4, 0.5) is 19.3 Å². The summed E-state index contributed by atoms with van der Waals surface area (Å²) in [5, 5.41) is 2.22. The minimum absolute atomic E-state index is 0.0897. The largest absolute Gasteiger partial charge is 0.493 e. The number of nitrogens with one attached hydrogen (secondary N) is 1. The molecular formula is C25H17ClF2N2O5. The van der Waals surface area contributed by atoms with Gasteiger partial charge in [-0.3, -0.25) is 14.9 Å². The van der Waals surface area contributed by atoms with Gasteiger partial charge in [-0.1, -0.05) is 23.7 Å². The van der Waals surface area contributed by atoms with Crippen LogP contribution in [0.3, 0.4) is 0 Å². The summed E-state index contributed by atoms with van der Waals surface area (Å²) in [5.41, 5.74) is 0.776. The number of hydrogen-bond acceptors (Lipinski definition) is 5. The standard InChI is InChI=1S/C25H17ClF2N2O5/c1-34-21-12-15(11-20(26)22(21)35-13-14-2-4-16(27)5-3-14)10-19-23(31)29-25(33)30(24(19)32)18-8-6-17(28)7-9-18/h2-12H,13H2,1H3,(H,29,31,33)/b19-10+. The van der Waals surface area contributed by atoms with Crippen molar-refractivity contribution in [1.29, 1.82) is 0 Å². The number of rotatable bonds is 6. The number of carbonyl (C=O) groups is 3. The van der Waals surface area contributed by atoms with Gasteiger partial charge >= 0.3 is 6.03 Å². The van der Waals surface area contributed by atoms with E-state index in [-0.39, 0.29) is 40.2 Å². The molecule has 0 atom stereocenters. The van der Waals surface area contributed by atoms with E-state index in [2.05, 4.69) is 5.32 Å². The second kappa shape index (κ2) is 9.94. The third-order valence-electron chi connectivity index (χ3n) is 5.05. The van der Waals surface area contributed by atoms with Crippen molar-refractivity contribution in [2.24, 2.45) is 0 Å². The van der Waals surface area contributed by atoms with Gasteiger partial charge in [0.15, 0.2) is 11.5 Å². The predicted octanol–water partition coefficient (Wildman–Crippen LogP) is 4.87. The average Bonchev–Trinajstić information content (AvgIpc) is 2.83. The number of amides is 4. The number of nitrogens with zero attached hydrogens (tertiary/aromatic N) is 1. The van der Waals surface area contributed by atoms with Crippen LogP contribution in [0.15, 0.2) is 66.2 Å². The van der Waals surface area contributed by atoms with Crippen molar-refractivity contribution in [3.8, 4) is 11.5 Å². The molecule has 1 N–H and O–H groups in total. The van der Waals surface area contributed by atoms with E-state index >= 15 is 0 Å². The summed E-state index contributed by atoms with van der Waals surface area (Å²) >= 11 is 6.38. The Bertz CT molecular complexity index is 1340. The summed E-state index contributed by atoms with van der Waals surface area (Å²) in [5.74, 6) is -2.27. The van der Waals surface area contributed by atoms with Crippen LogP contribution in [0.25, 0.3) is 6.08 Å². The molecule has 4 amide bonds. The molecule has 3 aromatic carbocycles. The molecular weight excluding hydrogens is 482 g/mol. The molecule has 0 radical (unpaired) electrons. The number of hydrogen-bond donors (Lipinski definition) is 1. The van der Waals surface area contributed by atoms with Gasteiger partial charge in [-0.25, -0.2) is 18.5 Å². The van der Waals surface area contributed by atoms with Crippen molar-refractivity contribution in [3.63, 3.8) is 0 Å². The van der Waals surface area contributed by atoms with Gasteiger partial charge < -0.3 is 9.47 Å². The quantitative estimate of drug-likeness (QED) is 0.387. The summed E-state index contributed by atoms with van der Waals surface area (Å²) in [4.78, 5) is 38.4. The van der Waals surface area contributed by atoms with Crippen LogP contribution in [0.5, 0.6) is 11.5 Å². The van der Waals surface area contributed by atoms with Crippen LogP contribution in [0.2, 0.25) is 5.02 Å². The second-order valence-corrected chi connectivity index (χ2v) is 7.79. The van der Waals surface area contributed by atoms with Crippen LogP contribution in [-0.4, -0.2) is 25.0 Å². The fraction of sp³-hybridized carbons (Fsp3) is 0.0800. The van der Waals surface area contributed by atoms with Gasteiger partial charge in [0.25, 0.3) is 11.8 Å². The molecule has 1 aliphatic heterocycles. The monoisotopic (exact) mass is 498 g/mol. The highest BCUT2D eigenvalue weighted by atomic mass is 35.5. The fourth-order valence-electron chi connectivity index (χ4n) is 3.35. The second-order valence-electron chi connectivity index (χ2n) is 7.38. The van der Waals surface area contributed by atoms with Crippen molar-refractivity contribution in [2.75, 3.05) is 12.0 Å². The van der Waals surface area contributed by atoms with E-state index in [1.807, 2.05) is 0 Å². The minimum atomic E-state index is -0.955. The lowest BCUT2D eigenvalue weighted by molar-refractivity contribution is -0.122. The van der Waals surface area contributed by atoms with E-state index < -0.39 is 23.7 Å². The number of methoxy groups -OCH3 is 1. The van der Waals surface area contributed by atoms with Gasteiger partial charge in [-0.2, -0.15) is 0 Å². The maximum Gasteiger partial charge on any atom is 0.335 e. The molecule has 1 aliphatic rings. The van der Waals surface area contributed by atoms with Gasteiger partial charge in [0.05, 0.1) is 17.8 Å². The topological polar surface area (TPSA) is 84.9 Å². The number of benzene rings is 3. The first-order valence-electron chi connectivity index (χ1n) is 10.2. The third-order valence-corrected chi connectivity index (χ3v) is 5.33. The highest BCUT2D eigenvalue weighted by Gasteiger charge is 2.36. The van der Waals surface area contributed by atoms with E-state index in [0.717, 1.165) is 17.0 Å². The molecule has 1 saturated heterocycles. The summed E-state index contributed by atoms with van der Waals surface area (Å²) < 4.78 is 37.5. The first-order valence-corrected chi connectivity index (χ1v) is 10.6. The lowest BCUT2D eigenvalue weighted by Gasteiger charge is -2.26. The fourth-order valence-corrected chi connectivity index (χ4v) is 3.62. The van der Waals surface area contributed by atoms with Crippen molar-refractivity contribution in [2.45, 2.75) is 6.61 Å². The Morgan fingerprint density at radius 1 is 0.971 bits per heavy atom. The summed E-state index contributed by atoms with van der Waals surface area (Å²) in [6.45, 7) is 0.0897. The first-order chi connectivity index (χ1) is 16.8. The molecule has 0 bridgehead atoms. The third kappa shape index (κ3) is 5.15. The maximum atomic E-state index is 13.3. The lowest BCUT2D eigenvalue weighted by Crippen LogP contribution is -2.54. The van der Waals surface area contributed by atoms with Crippen molar-refractivity contribution < 1.29 is 32.6 Å². The van der Waals surface area contributed by atoms with E-state index in [1.165, 1.54) is 49.6 Å². The molecule has 4 rings (SSSR count). The number of urea groups is 1. The zero-order chi connectivity index (χ0) is 25.1. The molecule has 35 heavy (non-hydrogen) atoms. The summed E-state index contributed by atoms with van der Waals surface area (Å²) in [6, 6.07) is 12.4. The maximum absolute atomic E-state index is 13.3. The molecule has 0 aromatic heterocycles. The van der Waals surface area contributed by atoms with E-state index in [1.54, 1.807) is 12.1 Å². The zero-order valence-electron chi connectivity index (χ0n) is 18.2. The number of halogens is 3. The number of ether oxygens (including phenoxy) is 2. The minimum Gasteiger partial charge on any atom is -0.493 e. The average molecular weight is 499 g/mol. The number of anilines is 1. The summed E-state index contributed by atoms with van der Waals surface area (Å²) in [7, 11) is 1.39. The number of imide groups is 2. The van der Waals surface area contributed by atoms with E-state index in [0.29, 0.717) is 11.1 Å². The Morgan fingerprint density at radius 2 is 1.60 bits per heavy atom. The van der Waals surface area contributed by atoms with Gasteiger partial charge in [-0.05, 0) is 65.7 Å². The molecule has 0 unspecified atom stereocenters. The van der Waals surface area contributed by atoms with Gasteiger partial charge in [-0.15, -0.1) is 0 Å². The summed E-state index contributed by atoms with van der Waals surface area (Å²) in [6.07, 6.45) is 1.25. The molecule has 3 aromatic rings. The van der Waals surface area contributed by atoms with Crippen LogP contribution >= 0.6 is 11.6 Å². The van der Waals surface area contributed by atoms with Gasteiger partial charge in [0.1, 0.15) is 23.8 Å². The Morgan fingerprint density at radius 3 is 2.23 bits per heavy atom. The van der Waals surface area contributed by atoms with Crippen LogP contribution in [0.1, 0.15) is 11.1 Å². The first kappa shape index (κ1) is 23.9. The highest BCUT2D eigenvalue weighted by molar-refractivity contribution is 6.39. The highest BCUT2D eigenvalue weighted by Crippen LogP contribution is 2.38. The van der Waals surface area contributed by atoms with Gasteiger partial charge in [0, 0.05) is 0 Å². The Kier molecular flexibility index (Phi) is 6.79. The molecule has 10 heteroatoms. The van der Waals surface area contributed by atoms with Crippen molar-refractivity contribution in [3.05, 3.63) is 94.0 Å². The van der Waals surface area contributed by atoms with E-state index in [4.69, 9.17) is 21.1 Å². The van der Waals surface area contributed by atoms with Crippen LogP contribution in [0, 0.1) is 11.6 Å². The molecule has 0 saturated carbocycles. The Labute approximate surface area is 203 Å². The lowest BCUT2D eigenvalue weighted by atomic mass is 10.1. The number of carbonyl (C=O) groups excluding carboxylic acids is 3. The van der Waals surface area contributed by atoms with Crippen molar-refractivity contribution in [1.82, 2.24) is 5.32 Å². The number of barbiturate groups is 1. The van der Waals surface area contributed by atoms with E-state index in [9.17, 15) is 23.2 Å². The Hall–Kier alpha value is -4.24.